The monoisotopic (exact) mass is 341 g/mol. The molecule has 2 saturated heterocycles. The van der Waals surface area contributed by atoms with E-state index in [0.29, 0.717) is 17.9 Å². The Morgan fingerprint density at radius 3 is 2.74 bits per heavy atom. The third kappa shape index (κ3) is 3.32. The van der Waals surface area contributed by atoms with Crippen LogP contribution in [0.15, 0.2) is 12.1 Å². The quantitative estimate of drug-likeness (QED) is 0.765. The largest absolute Gasteiger partial charge is 0.506 e. The third-order valence-corrected chi connectivity index (χ3v) is 5.35. The minimum atomic E-state index is -1.86. The highest BCUT2D eigenvalue weighted by molar-refractivity contribution is 7.85. The molecule has 2 fully saturated rings. The second kappa shape index (κ2) is 5.76. The molecule has 2 aliphatic heterocycles. The van der Waals surface area contributed by atoms with E-state index in [1.807, 2.05) is 0 Å². The minimum absolute atomic E-state index is 0.0731. The molecule has 3 rings (SSSR count). The number of aromatic hydroxyl groups is 1. The number of carbonyl (C=O) groups excluding carboxylic acids is 1. The van der Waals surface area contributed by atoms with Gasteiger partial charge in [-0.15, -0.1) is 0 Å². The summed E-state index contributed by atoms with van der Waals surface area (Å²) in [5.74, 6) is -1.06. The zero-order chi connectivity index (χ0) is 16.8. The van der Waals surface area contributed by atoms with E-state index in [2.05, 4.69) is 23.9 Å². The molecule has 1 aromatic carbocycles. The summed E-state index contributed by atoms with van der Waals surface area (Å²) in [5, 5.41) is 13.6. The van der Waals surface area contributed by atoms with E-state index in [9.17, 15) is 18.5 Å². The Labute approximate surface area is 136 Å². The number of nitrogens with one attached hydrogen (secondary N) is 2. The highest BCUT2D eigenvalue weighted by Crippen LogP contribution is 2.35. The fourth-order valence-corrected chi connectivity index (χ4v) is 4.25. The van der Waals surface area contributed by atoms with Crippen LogP contribution in [0.1, 0.15) is 25.8 Å². The Kier molecular flexibility index (Phi) is 4.05. The average molecular weight is 341 g/mol. The summed E-state index contributed by atoms with van der Waals surface area (Å²) in [6.07, 6.45) is 1.63. The molecule has 0 aliphatic carbocycles. The van der Waals surface area contributed by atoms with Crippen LogP contribution in [0.2, 0.25) is 0 Å². The van der Waals surface area contributed by atoms with Gasteiger partial charge < -0.3 is 10.4 Å². The van der Waals surface area contributed by atoms with E-state index >= 15 is 0 Å². The number of anilines is 1. The average Bonchev–Trinajstić information content (AvgIpc) is 2.91. The SMILES string of the molecule is CC1(C)CC(Cc2cc(O)c(N3CC(=O)NS3=O)c(F)c2)CN1. The molecule has 0 saturated carbocycles. The van der Waals surface area contributed by atoms with Crippen LogP contribution >= 0.6 is 0 Å². The first-order chi connectivity index (χ1) is 10.7. The van der Waals surface area contributed by atoms with Crippen molar-refractivity contribution in [1.82, 2.24) is 10.0 Å². The fourth-order valence-electron chi connectivity index (χ4n) is 3.30. The minimum Gasteiger partial charge on any atom is -0.506 e. The summed E-state index contributed by atoms with van der Waals surface area (Å²) in [6.45, 7) is 4.87. The van der Waals surface area contributed by atoms with Crippen molar-refractivity contribution >= 4 is 22.8 Å². The van der Waals surface area contributed by atoms with Crippen molar-refractivity contribution in [2.75, 3.05) is 17.4 Å². The summed E-state index contributed by atoms with van der Waals surface area (Å²) in [4.78, 5) is 11.3. The summed E-state index contributed by atoms with van der Waals surface area (Å²) in [7, 11) is 0. The van der Waals surface area contributed by atoms with Gasteiger partial charge >= 0.3 is 0 Å². The Morgan fingerprint density at radius 2 is 2.22 bits per heavy atom. The summed E-state index contributed by atoms with van der Waals surface area (Å²) in [5.41, 5.74) is 0.566. The van der Waals surface area contributed by atoms with Crippen LogP contribution in [0.3, 0.4) is 0 Å². The third-order valence-electron chi connectivity index (χ3n) is 4.23. The van der Waals surface area contributed by atoms with Crippen LogP contribution in [-0.4, -0.2) is 33.9 Å². The highest BCUT2D eigenvalue weighted by atomic mass is 32.2. The summed E-state index contributed by atoms with van der Waals surface area (Å²) in [6, 6.07) is 2.84. The van der Waals surface area contributed by atoms with Crippen molar-refractivity contribution in [3.8, 4) is 5.75 Å². The van der Waals surface area contributed by atoms with E-state index in [4.69, 9.17) is 0 Å². The zero-order valence-corrected chi connectivity index (χ0v) is 13.9. The van der Waals surface area contributed by atoms with Crippen LogP contribution in [0.5, 0.6) is 5.75 Å². The molecule has 0 spiro atoms. The normalized spacial score (nSPS) is 26.6. The predicted molar refractivity (Wildman–Crippen MR) is 85.6 cm³/mol. The van der Waals surface area contributed by atoms with Crippen molar-refractivity contribution in [1.29, 1.82) is 0 Å². The molecule has 8 heteroatoms. The van der Waals surface area contributed by atoms with Gasteiger partial charge in [-0.05, 0) is 56.8 Å². The molecule has 0 bridgehead atoms. The molecule has 2 heterocycles. The molecule has 2 unspecified atom stereocenters. The van der Waals surface area contributed by atoms with Crippen molar-refractivity contribution < 1.29 is 18.5 Å². The first-order valence-electron chi connectivity index (χ1n) is 7.50. The first-order valence-corrected chi connectivity index (χ1v) is 8.61. The number of phenolic OH excluding ortho intramolecular Hbond substituents is 1. The number of benzene rings is 1. The lowest BCUT2D eigenvalue weighted by Crippen LogP contribution is -2.31. The van der Waals surface area contributed by atoms with Crippen LogP contribution < -0.4 is 14.3 Å². The Balaban J connectivity index is 1.81. The topological polar surface area (TPSA) is 81.7 Å². The zero-order valence-electron chi connectivity index (χ0n) is 13.1. The molecule has 2 aliphatic rings. The molecule has 3 N–H and O–H groups in total. The van der Waals surface area contributed by atoms with Gasteiger partial charge in [0.25, 0.3) is 5.91 Å². The number of hydrogen-bond acceptors (Lipinski definition) is 4. The molecule has 126 valence electrons. The van der Waals surface area contributed by atoms with E-state index in [0.717, 1.165) is 17.3 Å². The van der Waals surface area contributed by atoms with Gasteiger partial charge in [0.05, 0.1) is 0 Å². The standard InChI is InChI=1S/C15H20FN3O3S/c1-15(2)6-10(7-17-15)3-9-4-11(16)14(12(20)5-9)19-8-13(21)18-23(19)22/h4-5,10,17,20H,3,6-8H2,1-2H3,(H,18,21). The summed E-state index contributed by atoms with van der Waals surface area (Å²) >= 11 is -1.86. The highest BCUT2D eigenvalue weighted by Gasteiger charge is 2.33. The van der Waals surface area contributed by atoms with Gasteiger partial charge in [0.2, 0.25) is 11.2 Å². The molecular weight excluding hydrogens is 321 g/mol. The number of carbonyl (C=O) groups is 1. The molecule has 6 nitrogen and oxygen atoms in total. The fraction of sp³-hybridized carbons (Fsp3) is 0.533. The van der Waals surface area contributed by atoms with Crippen molar-refractivity contribution in [2.24, 2.45) is 5.92 Å². The first kappa shape index (κ1) is 16.2. The Hall–Kier alpha value is -1.67. The lowest BCUT2D eigenvalue weighted by atomic mass is 9.92. The van der Waals surface area contributed by atoms with Gasteiger partial charge in [0.15, 0.2) is 5.82 Å². The number of hydrogen-bond donors (Lipinski definition) is 3. The van der Waals surface area contributed by atoms with Crippen LogP contribution in [0.4, 0.5) is 10.1 Å². The van der Waals surface area contributed by atoms with Crippen molar-refractivity contribution in [3.63, 3.8) is 0 Å². The van der Waals surface area contributed by atoms with E-state index in [1.54, 1.807) is 0 Å². The van der Waals surface area contributed by atoms with E-state index < -0.39 is 22.9 Å². The summed E-state index contributed by atoms with van der Waals surface area (Å²) < 4.78 is 29.3. The number of phenols is 1. The molecule has 0 radical (unpaired) electrons. The number of rotatable bonds is 3. The number of halogens is 1. The molecule has 23 heavy (non-hydrogen) atoms. The van der Waals surface area contributed by atoms with E-state index in [-0.39, 0.29) is 23.5 Å². The van der Waals surface area contributed by atoms with Crippen molar-refractivity contribution in [3.05, 3.63) is 23.5 Å². The van der Waals surface area contributed by atoms with Gasteiger partial charge in [-0.25, -0.2) is 8.60 Å². The number of amides is 1. The second-order valence-corrected chi connectivity index (χ2v) is 7.94. The maximum atomic E-state index is 14.4. The van der Waals surface area contributed by atoms with Gasteiger partial charge in [0.1, 0.15) is 18.0 Å². The lowest BCUT2D eigenvalue weighted by Gasteiger charge is -2.19. The smallest absolute Gasteiger partial charge is 0.253 e. The number of nitrogens with zero attached hydrogens (tertiary/aromatic N) is 1. The van der Waals surface area contributed by atoms with E-state index in [1.165, 1.54) is 12.1 Å². The van der Waals surface area contributed by atoms with Gasteiger partial charge in [-0.3, -0.25) is 13.8 Å². The Morgan fingerprint density at radius 1 is 1.48 bits per heavy atom. The molecule has 1 aromatic rings. The van der Waals surface area contributed by atoms with Crippen LogP contribution in [-0.2, 0) is 22.4 Å². The molecule has 0 aromatic heterocycles. The van der Waals surface area contributed by atoms with Crippen molar-refractivity contribution in [2.45, 2.75) is 32.2 Å². The second-order valence-electron chi connectivity index (χ2n) is 6.80. The maximum absolute atomic E-state index is 14.4. The Bertz CT molecular complexity index is 657. The van der Waals surface area contributed by atoms with Crippen LogP contribution in [0, 0.1) is 11.7 Å². The molecule has 1 amide bonds. The lowest BCUT2D eigenvalue weighted by molar-refractivity contribution is -0.117. The molecular formula is C15H20FN3O3S. The molecule has 2 atom stereocenters. The predicted octanol–water partition coefficient (Wildman–Crippen LogP) is 0.977. The van der Waals surface area contributed by atoms with Crippen LogP contribution in [0.25, 0.3) is 0 Å². The van der Waals surface area contributed by atoms with Gasteiger partial charge in [-0.2, -0.15) is 0 Å². The maximum Gasteiger partial charge on any atom is 0.253 e. The van der Waals surface area contributed by atoms with Gasteiger partial charge in [-0.1, -0.05) is 0 Å². The van der Waals surface area contributed by atoms with Gasteiger partial charge in [0, 0.05) is 5.54 Å².